The number of ether oxygens (including phenoxy) is 5. The van der Waals surface area contributed by atoms with Gasteiger partial charge in [-0.3, -0.25) is 39.1 Å². The van der Waals surface area contributed by atoms with Crippen LogP contribution in [0.4, 0.5) is 14.0 Å². The molecule has 6 N–H and O–H groups in total. The van der Waals surface area contributed by atoms with E-state index in [4.69, 9.17) is 23.7 Å². The fourth-order valence-corrected chi connectivity index (χ4v) is 10.9. The minimum Gasteiger partial charge on any atom is -0.493 e. The second kappa shape index (κ2) is 29.3. The minimum absolute atomic E-state index is 0.0279. The highest BCUT2D eigenvalue weighted by Crippen LogP contribution is 2.40. The third-order valence-electron chi connectivity index (χ3n) is 12.9. The molecule has 7 amide bonds. The van der Waals surface area contributed by atoms with Gasteiger partial charge in [-0.15, -0.1) is 0 Å². The average molecular weight is 1090 g/mol. The smallest absolute Gasteiger partial charge is 0.315 e. The fraction of sp³-hybridized carbons (Fsp3) is 0.538. The van der Waals surface area contributed by atoms with Crippen molar-refractivity contribution < 1.29 is 61.6 Å². The van der Waals surface area contributed by atoms with Gasteiger partial charge < -0.3 is 50.3 Å². The lowest BCUT2D eigenvalue weighted by Gasteiger charge is -2.19. The number of halogens is 1. The van der Waals surface area contributed by atoms with Crippen LogP contribution < -0.4 is 41.4 Å². The molecular weight excluding hydrogens is 1030 g/mol. The number of benzene rings is 2. The molecule has 5 atom stereocenters. The van der Waals surface area contributed by atoms with E-state index in [-0.39, 0.29) is 59.6 Å². The van der Waals surface area contributed by atoms with Crippen molar-refractivity contribution in [2.24, 2.45) is 10.2 Å². The number of hydrogen-bond acceptors (Lipinski definition) is 17. The lowest BCUT2D eigenvalue weighted by atomic mass is 10.0. The van der Waals surface area contributed by atoms with Crippen molar-refractivity contribution in [3.63, 3.8) is 0 Å². The first-order valence-corrected chi connectivity index (χ1v) is 27.6. The molecule has 2 aromatic carbocycles. The Morgan fingerprint density at radius 2 is 1.57 bits per heavy atom. The molecule has 1 aromatic heterocycles. The van der Waals surface area contributed by atoms with Gasteiger partial charge in [0.2, 0.25) is 23.4 Å². The van der Waals surface area contributed by atoms with Crippen LogP contribution in [0.3, 0.4) is 0 Å². The molecule has 76 heavy (non-hydrogen) atoms. The molecule has 3 fully saturated rings. The first-order chi connectivity index (χ1) is 36.9. The second-order valence-corrected chi connectivity index (χ2v) is 20.9. The number of alkyl halides is 1. The van der Waals surface area contributed by atoms with Gasteiger partial charge in [0, 0.05) is 84.8 Å². The number of thioether (sulfide) groups is 2. The van der Waals surface area contributed by atoms with Crippen LogP contribution in [0, 0.1) is 0 Å². The molecule has 0 spiro atoms. The molecule has 0 radical (unpaired) electrons. The van der Waals surface area contributed by atoms with Gasteiger partial charge in [-0.25, -0.2) is 9.18 Å². The number of aryl methyl sites for hydroxylation is 1. The van der Waals surface area contributed by atoms with E-state index < -0.39 is 47.8 Å². The Morgan fingerprint density at radius 3 is 2.24 bits per heavy atom. The van der Waals surface area contributed by atoms with Crippen LogP contribution in [-0.4, -0.2) is 146 Å². The largest absolute Gasteiger partial charge is 0.493 e. The van der Waals surface area contributed by atoms with E-state index in [1.54, 1.807) is 24.4 Å². The van der Waals surface area contributed by atoms with Gasteiger partial charge in [-0.2, -0.15) is 22.0 Å². The van der Waals surface area contributed by atoms with E-state index in [2.05, 4.69) is 47.1 Å². The summed E-state index contributed by atoms with van der Waals surface area (Å²) in [7, 11) is 0. The number of carbonyl (C=O) groups excluding carboxylic acids is 7. The number of hydrogen-bond donors (Lipinski definition) is 6. The maximum absolute atomic E-state index is 13.6. The molecule has 0 saturated carbocycles. The predicted molar refractivity (Wildman–Crippen MR) is 280 cm³/mol. The summed E-state index contributed by atoms with van der Waals surface area (Å²) < 4.78 is 42.1. The van der Waals surface area contributed by atoms with Crippen LogP contribution >= 0.6 is 23.5 Å². The average Bonchev–Trinajstić information content (AvgIpc) is 3.91. The number of imide groups is 1. The van der Waals surface area contributed by atoms with Crippen molar-refractivity contribution in [2.75, 3.05) is 71.8 Å². The third-order valence-corrected chi connectivity index (χ3v) is 15.3. The number of pyridine rings is 1. The molecule has 1 unspecified atom stereocenters. The zero-order valence-corrected chi connectivity index (χ0v) is 44.1. The Kier molecular flexibility index (Phi) is 22.2. The topological polar surface area (TPSA) is 275 Å². The summed E-state index contributed by atoms with van der Waals surface area (Å²) >= 11 is 2.85. The van der Waals surface area contributed by atoms with E-state index in [1.165, 1.54) is 24.3 Å². The van der Waals surface area contributed by atoms with Crippen LogP contribution in [0.25, 0.3) is 0 Å². The maximum Gasteiger partial charge on any atom is 0.315 e. The number of nitrogens with zero attached hydrogens (tertiary/aromatic N) is 3. The summed E-state index contributed by atoms with van der Waals surface area (Å²) in [6, 6.07) is 13.9. The molecule has 4 aliphatic heterocycles. The number of urea groups is 1. The highest BCUT2D eigenvalue weighted by molar-refractivity contribution is 8.15. The number of carbonyl (C=O) groups is 7. The SMILES string of the molecule is CCc1cnc(CCOc2ccc(CC3SC(=O)NC3=O)cc2)cc1OC(=O)C[C@@H](NC(=O)c1ccc(C2(CF)N=N2)cc1)C(=O)NCCCOCCOCCOCCCNC(=O)CCCC[C@@H]1SC[C@@H]2NC(=O)N[C@@H]21. The number of fused-ring (bicyclic) bond motifs is 1. The maximum atomic E-state index is 13.6. The zero-order valence-electron chi connectivity index (χ0n) is 42.4. The normalized spacial score (nSPS) is 19.3. The first-order valence-electron chi connectivity index (χ1n) is 25.7. The monoisotopic (exact) mass is 1090 g/mol. The molecule has 24 heteroatoms. The van der Waals surface area contributed by atoms with Crippen LogP contribution in [-0.2, 0) is 58.3 Å². The molecule has 7 rings (SSSR count). The Bertz CT molecular complexity index is 2500. The quantitative estimate of drug-likeness (QED) is 0.0270. The predicted octanol–water partition coefficient (Wildman–Crippen LogP) is 4.63. The van der Waals surface area contributed by atoms with E-state index in [9.17, 15) is 38.0 Å². The Hall–Kier alpha value is -6.21. The third kappa shape index (κ3) is 17.7. The Labute approximate surface area is 448 Å². The van der Waals surface area contributed by atoms with Gasteiger partial charge in [0.05, 0.1) is 56.8 Å². The van der Waals surface area contributed by atoms with Crippen molar-refractivity contribution in [2.45, 2.75) is 105 Å². The number of rotatable bonds is 34. The van der Waals surface area contributed by atoms with Crippen LogP contribution in [0.5, 0.6) is 11.5 Å². The van der Waals surface area contributed by atoms with E-state index in [0.717, 1.165) is 42.3 Å². The highest BCUT2D eigenvalue weighted by atomic mass is 32.2. The number of aromatic nitrogens is 1. The lowest BCUT2D eigenvalue weighted by molar-refractivity contribution is -0.137. The Morgan fingerprint density at radius 1 is 0.855 bits per heavy atom. The number of unbranched alkanes of at least 4 members (excludes halogenated alkanes) is 1. The molecule has 4 aliphatic rings. The lowest BCUT2D eigenvalue weighted by Crippen LogP contribution is -2.48. The molecule has 21 nitrogen and oxygen atoms in total. The van der Waals surface area contributed by atoms with Gasteiger partial charge in [0.25, 0.3) is 11.1 Å². The molecule has 0 aliphatic carbocycles. The molecule has 410 valence electrons. The highest BCUT2D eigenvalue weighted by Gasteiger charge is 2.43. The summed E-state index contributed by atoms with van der Waals surface area (Å²) in [5.41, 5.74) is 1.52. The molecule has 5 heterocycles. The van der Waals surface area contributed by atoms with Crippen molar-refractivity contribution in [1.29, 1.82) is 0 Å². The van der Waals surface area contributed by atoms with Crippen molar-refractivity contribution in [3.05, 3.63) is 88.7 Å². The van der Waals surface area contributed by atoms with Crippen LogP contribution in [0.1, 0.15) is 84.6 Å². The first kappa shape index (κ1) is 57.5. The summed E-state index contributed by atoms with van der Waals surface area (Å²) in [6.45, 7) is 4.26. The van der Waals surface area contributed by atoms with E-state index in [1.807, 2.05) is 30.8 Å². The number of amides is 7. The van der Waals surface area contributed by atoms with Crippen molar-refractivity contribution >= 4 is 64.4 Å². The number of nitrogens with one attached hydrogen (secondary N) is 6. The van der Waals surface area contributed by atoms with Crippen LogP contribution in [0.2, 0.25) is 0 Å². The fourth-order valence-electron chi connectivity index (χ4n) is 8.53. The van der Waals surface area contributed by atoms with Gasteiger partial charge >= 0.3 is 12.0 Å². The van der Waals surface area contributed by atoms with Crippen molar-refractivity contribution in [3.8, 4) is 11.5 Å². The summed E-state index contributed by atoms with van der Waals surface area (Å²) in [5, 5.41) is 23.7. The van der Waals surface area contributed by atoms with Gasteiger partial charge in [-0.05, 0) is 68.4 Å². The van der Waals surface area contributed by atoms with Crippen LogP contribution in [0.15, 0.2) is 71.0 Å². The second-order valence-electron chi connectivity index (χ2n) is 18.5. The standard InChI is InChI=1S/C52H66FN9O12S2/c1-2-34-30-56-37(17-22-73-38-15-9-33(10-16-38)27-43-49(67)60-51(69)76-43)28-41(34)74-45(64)29-39(57-47(65)35-11-13-36(14-12-35)52(32-53)61-62-52)48(66)55-19-6-21-71-24-26-72-25-23-70-20-5-18-54-44(63)8-4-3-7-42-46-40(31-75-42)58-50(68)59-46/h9-16,28,30,39-40,42-43,46H,2-8,17-27,29,31-32H2,1H3,(H,54,63)(H,55,66)(H,57,65)(H2,58,59,68)(H,60,67,69)/t39-,40+,42+,43?,46+/m1/s1. The Balaban J connectivity index is 0.773. The van der Waals surface area contributed by atoms with E-state index >= 15 is 0 Å². The van der Waals surface area contributed by atoms with E-state index in [0.29, 0.717) is 113 Å². The van der Waals surface area contributed by atoms with Crippen molar-refractivity contribution in [1.82, 2.24) is 36.9 Å². The molecule has 0 bridgehead atoms. The summed E-state index contributed by atoms with van der Waals surface area (Å²) in [4.78, 5) is 92.3. The summed E-state index contributed by atoms with van der Waals surface area (Å²) in [5.74, 6) is -0.510. The molecule has 3 aromatic rings. The zero-order chi connectivity index (χ0) is 53.7. The van der Waals surface area contributed by atoms with Gasteiger partial charge in [0.1, 0.15) is 24.2 Å². The van der Waals surface area contributed by atoms with Gasteiger partial charge in [-0.1, -0.05) is 49.4 Å². The number of esters is 1. The summed E-state index contributed by atoms with van der Waals surface area (Å²) in [6.07, 6.45) is 6.70. The molecular formula is C52H66FN9O12S2. The minimum atomic E-state index is -1.32. The molecule has 3 saturated heterocycles. The van der Waals surface area contributed by atoms with Gasteiger partial charge in [0.15, 0.2) is 0 Å².